The monoisotopic (exact) mass is 387 g/mol. The first-order chi connectivity index (χ1) is 12.5. The summed E-state index contributed by atoms with van der Waals surface area (Å²) in [5.41, 5.74) is 0. The van der Waals surface area contributed by atoms with E-state index in [4.69, 9.17) is 4.74 Å². The van der Waals surface area contributed by atoms with Gasteiger partial charge in [0.1, 0.15) is 0 Å². The number of hydrogen-bond acceptors (Lipinski definition) is 5. The van der Waals surface area contributed by atoms with Crippen molar-refractivity contribution < 1.29 is 13.2 Å². The second-order valence-electron chi connectivity index (χ2n) is 8.39. The Morgan fingerprint density at radius 3 is 2.42 bits per heavy atom. The number of likely N-dealkylation sites (tertiary alicyclic amines) is 1. The lowest BCUT2D eigenvalue weighted by Crippen LogP contribution is -2.44. The maximum Gasteiger partial charge on any atom is 0.211 e. The van der Waals surface area contributed by atoms with E-state index in [2.05, 4.69) is 9.80 Å². The highest BCUT2D eigenvalue weighted by molar-refractivity contribution is 7.88. The van der Waals surface area contributed by atoms with Gasteiger partial charge in [-0.25, -0.2) is 8.42 Å². The highest BCUT2D eigenvalue weighted by Gasteiger charge is 2.33. The van der Waals surface area contributed by atoms with Gasteiger partial charge in [-0.05, 0) is 44.7 Å². The van der Waals surface area contributed by atoms with Gasteiger partial charge in [-0.2, -0.15) is 4.31 Å². The SMILES string of the molecule is CS(=O)(=O)N(CCCN1CCOCC1)C1CCN(CC2CCCCC2)C1. The zero-order valence-electron chi connectivity index (χ0n) is 16.4. The van der Waals surface area contributed by atoms with Crippen molar-refractivity contribution in [2.75, 3.05) is 65.3 Å². The Morgan fingerprint density at radius 1 is 1.00 bits per heavy atom. The van der Waals surface area contributed by atoms with Crippen molar-refractivity contribution in [3.05, 3.63) is 0 Å². The summed E-state index contributed by atoms with van der Waals surface area (Å²) in [4.78, 5) is 4.90. The lowest BCUT2D eigenvalue weighted by Gasteiger charge is -2.30. The molecule has 0 bridgehead atoms. The largest absolute Gasteiger partial charge is 0.379 e. The van der Waals surface area contributed by atoms with E-state index in [1.54, 1.807) is 4.31 Å². The smallest absolute Gasteiger partial charge is 0.211 e. The van der Waals surface area contributed by atoms with E-state index in [-0.39, 0.29) is 6.04 Å². The van der Waals surface area contributed by atoms with Crippen LogP contribution in [0.5, 0.6) is 0 Å². The zero-order chi connectivity index (χ0) is 18.4. The second kappa shape index (κ2) is 9.82. The van der Waals surface area contributed by atoms with Crippen LogP contribution in [0.2, 0.25) is 0 Å². The first-order valence-corrected chi connectivity index (χ1v) is 12.4. The lowest BCUT2D eigenvalue weighted by atomic mass is 9.89. The van der Waals surface area contributed by atoms with E-state index in [1.165, 1.54) is 44.9 Å². The van der Waals surface area contributed by atoms with Crippen LogP contribution in [0.4, 0.5) is 0 Å². The van der Waals surface area contributed by atoms with E-state index in [0.29, 0.717) is 6.54 Å². The number of rotatable bonds is 8. The predicted octanol–water partition coefficient (Wildman–Crippen LogP) is 1.62. The molecule has 2 heterocycles. The standard InChI is InChI=1S/C19H37N3O3S/c1-26(23,24)22(10-5-9-20-12-14-25-15-13-20)19-8-11-21(17-19)16-18-6-3-2-4-7-18/h18-19H,2-17H2,1H3. The normalized spacial score (nSPS) is 27.4. The molecule has 1 atom stereocenters. The Bertz CT molecular complexity index is 516. The molecule has 0 aromatic heterocycles. The summed E-state index contributed by atoms with van der Waals surface area (Å²) in [5, 5.41) is 0. The van der Waals surface area contributed by atoms with Gasteiger partial charge in [0.25, 0.3) is 0 Å². The van der Waals surface area contributed by atoms with Gasteiger partial charge in [0, 0.05) is 38.8 Å². The number of morpholine rings is 1. The van der Waals surface area contributed by atoms with Gasteiger partial charge < -0.3 is 9.64 Å². The van der Waals surface area contributed by atoms with Crippen LogP contribution in [0, 0.1) is 5.92 Å². The molecule has 0 aromatic carbocycles. The minimum absolute atomic E-state index is 0.165. The van der Waals surface area contributed by atoms with Crippen molar-refractivity contribution in [2.24, 2.45) is 5.92 Å². The Kier molecular flexibility index (Phi) is 7.75. The van der Waals surface area contributed by atoms with E-state index < -0.39 is 10.0 Å². The molecule has 26 heavy (non-hydrogen) atoms. The molecular weight excluding hydrogens is 350 g/mol. The van der Waals surface area contributed by atoms with Crippen molar-refractivity contribution in [3.8, 4) is 0 Å². The molecule has 0 aromatic rings. The number of hydrogen-bond donors (Lipinski definition) is 0. The lowest BCUT2D eigenvalue weighted by molar-refractivity contribution is 0.0366. The summed E-state index contributed by atoms with van der Waals surface area (Å²) in [7, 11) is -3.14. The maximum atomic E-state index is 12.4. The minimum atomic E-state index is -3.14. The fraction of sp³-hybridized carbons (Fsp3) is 1.00. The molecule has 6 nitrogen and oxygen atoms in total. The minimum Gasteiger partial charge on any atom is -0.379 e. The average Bonchev–Trinajstić information content (AvgIpc) is 3.07. The summed E-state index contributed by atoms with van der Waals surface area (Å²) in [5.74, 6) is 0.829. The number of sulfonamides is 1. The molecule has 1 unspecified atom stereocenters. The predicted molar refractivity (Wildman–Crippen MR) is 105 cm³/mol. The van der Waals surface area contributed by atoms with Gasteiger partial charge in [0.15, 0.2) is 0 Å². The van der Waals surface area contributed by atoms with Crippen molar-refractivity contribution in [2.45, 2.75) is 51.0 Å². The Labute approximate surface area is 159 Å². The van der Waals surface area contributed by atoms with Gasteiger partial charge in [0.2, 0.25) is 10.0 Å². The van der Waals surface area contributed by atoms with Crippen LogP contribution in [0.3, 0.4) is 0 Å². The Hall–Kier alpha value is -0.210. The molecule has 152 valence electrons. The molecule has 0 radical (unpaired) electrons. The molecular formula is C19H37N3O3S. The molecule has 0 amide bonds. The Morgan fingerprint density at radius 2 is 1.73 bits per heavy atom. The molecule has 1 aliphatic carbocycles. The summed E-state index contributed by atoms with van der Waals surface area (Å²) >= 11 is 0. The van der Waals surface area contributed by atoms with Crippen LogP contribution < -0.4 is 0 Å². The zero-order valence-corrected chi connectivity index (χ0v) is 17.3. The molecule has 2 saturated heterocycles. The van der Waals surface area contributed by atoms with Crippen LogP contribution in [0.25, 0.3) is 0 Å². The van der Waals surface area contributed by atoms with E-state index in [1.807, 2.05) is 0 Å². The highest BCUT2D eigenvalue weighted by atomic mass is 32.2. The van der Waals surface area contributed by atoms with E-state index in [0.717, 1.165) is 64.7 Å². The molecule has 7 heteroatoms. The molecule has 1 saturated carbocycles. The average molecular weight is 388 g/mol. The van der Waals surface area contributed by atoms with E-state index >= 15 is 0 Å². The summed E-state index contributed by atoms with van der Waals surface area (Å²) < 4.78 is 31.9. The van der Waals surface area contributed by atoms with Gasteiger partial charge in [-0.1, -0.05) is 19.3 Å². The second-order valence-corrected chi connectivity index (χ2v) is 10.3. The number of ether oxygens (including phenoxy) is 1. The van der Waals surface area contributed by atoms with Crippen LogP contribution in [0.15, 0.2) is 0 Å². The van der Waals surface area contributed by atoms with Gasteiger partial charge in [-0.3, -0.25) is 4.90 Å². The first kappa shape index (κ1) is 20.5. The van der Waals surface area contributed by atoms with Crippen LogP contribution in [-0.2, 0) is 14.8 Å². The topological polar surface area (TPSA) is 53.1 Å². The molecule has 3 rings (SSSR count). The van der Waals surface area contributed by atoms with Crippen molar-refractivity contribution in [1.29, 1.82) is 0 Å². The number of nitrogens with zero attached hydrogens (tertiary/aromatic N) is 3. The van der Waals surface area contributed by atoms with Crippen molar-refractivity contribution in [3.63, 3.8) is 0 Å². The third-order valence-corrected chi connectivity index (χ3v) is 7.61. The van der Waals surface area contributed by atoms with Gasteiger partial charge >= 0.3 is 0 Å². The van der Waals surface area contributed by atoms with Crippen LogP contribution >= 0.6 is 0 Å². The third kappa shape index (κ3) is 6.16. The molecule has 3 fully saturated rings. The summed E-state index contributed by atoms with van der Waals surface area (Å²) in [6.45, 7) is 8.30. The van der Waals surface area contributed by atoms with Crippen LogP contribution in [-0.4, -0.2) is 93.8 Å². The Balaban J connectivity index is 1.46. The highest BCUT2D eigenvalue weighted by Crippen LogP contribution is 2.27. The van der Waals surface area contributed by atoms with Gasteiger partial charge in [0.05, 0.1) is 19.5 Å². The van der Waals surface area contributed by atoms with Crippen LogP contribution in [0.1, 0.15) is 44.9 Å². The molecule has 0 N–H and O–H groups in total. The van der Waals surface area contributed by atoms with Crippen molar-refractivity contribution >= 4 is 10.0 Å². The molecule has 0 spiro atoms. The molecule has 3 aliphatic rings. The summed E-state index contributed by atoms with van der Waals surface area (Å²) in [6.07, 6.45) is 10.1. The van der Waals surface area contributed by atoms with E-state index in [9.17, 15) is 8.42 Å². The van der Waals surface area contributed by atoms with Gasteiger partial charge in [-0.15, -0.1) is 0 Å². The molecule has 2 aliphatic heterocycles. The third-order valence-electron chi connectivity index (χ3n) is 6.28. The fourth-order valence-corrected chi connectivity index (χ4v) is 6.02. The summed E-state index contributed by atoms with van der Waals surface area (Å²) in [6, 6.07) is 0.165. The fourth-order valence-electron chi connectivity index (χ4n) is 4.84. The quantitative estimate of drug-likeness (QED) is 0.634. The first-order valence-electron chi connectivity index (χ1n) is 10.5. The van der Waals surface area contributed by atoms with Crippen molar-refractivity contribution in [1.82, 2.24) is 14.1 Å². The maximum absolute atomic E-state index is 12.4.